The van der Waals surface area contributed by atoms with Crippen molar-refractivity contribution in [1.82, 2.24) is 0 Å². The lowest BCUT2D eigenvalue weighted by Gasteiger charge is -2.18. The molecule has 332 valence electrons. The fraction of sp³-hybridized carbons (Fsp3) is 0.824. The highest BCUT2D eigenvalue weighted by atomic mass is 16.6. The van der Waals surface area contributed by atoms with Gasteiger partial charge in [0, 0.05) is 19.3 Å². The average molecular weight is 801 g/mol. The normalized spacial score (nSPS) is 12.3. The van der Waals surface area contributed by atoms with Crippen LogP contribution in [0.5, 0.6) is 0 Å². The number of unbranched alkanes of at least 4 members (excludes halogenated alkanes) is 27. The number of carbonyl (C=O) groups is 3. The maximum Gasteiger partial charge on any atom is 0.306 e. The Labute approximate surface area is 353 Å². The largest absolute Gasteiger partial charge is 0.462 e. The summed E-state index contributed by atoms with van der Waals surface area (Å²) in [6.07, 6.45) is 52.7. The van der Waals surface area contributed by atoms with Crippen LogP contribution in [-0.4, -0.2) is 37.2 Å². The van der Waals surface area contributed by atoms with E-state index in [1.807, 2.05) is 0 Å². The minimum absolute atomic E-state index is 0.0815. The van der Waals surface area contributed by atoms with Gasteiger partial charge in [0.05, 0.1) is 0 Å². The van der Waals surface area contributed by atoms with E-state index >= 15 is 0 Å². The molecule has 1 atom stereocenters. The van der Waals surface area contributed by atoms with Crippen LogP contribution >= 0.6 is 0 Å². The molecular weight excluding hydrogens is 709 g/mol. The Morgan fingerprint density at radius 3 is 0.965 bits per heavy atom. The maximum absolute atomic E-state index is 12.7. The third-order valence-electron chi connectivity index (χ3n) is 10.6. The molecule has 0 heterocycles. The van der Waals surface area contributed by atoms with Gasteiger partial charge in [0.15, 0.2) is 6.10 Å². The fourth-order valence-corrected chi connectivity index (χ4v) is 6.84. The second-order valence-electron chi connectivity index (χ2n) is 16.4. The molecule has 0 aliphatic carbocycles. The highest BCUT2D eigenvalue weighted by Crippen LogP contribution is 2.14. The molecule has 0 rings (SSSR count). The Balaban J connectivity index is 4.36. The molecular formula is C51H92O6. The van der Waals surface area contributed by atoms with Crippen molar-refractivity contribution in [3.63, 3.8) is 0 Å². The molecule has 0 spiro atoms. The van der Waals surface area contributed by atoms with Crippen molar-refractivity contribution >= 4 is 17.9 Å². The molecule has 0 aromatic rings. The van der Waals surface area contributed by atoms with Crippen LogP contribution in [0.3, 0.4) is 0 Å². The molecule has 0 amide bonds. The quantitative estimate of drug-likeness (QED) is 0.0264. The summed E-state index contributed by atoms with van der Waals surface area (Å²) in [7, 11) is 0. The molecule has 0 saturated carbocycles. The van der Waals surface area contributed by atoms with Crippen LogP contribution in [0.25, 0.3) is 0 Å². The molecule has 0 bridgehead atoms. The van der Waals surface area contributed by atoms with Crippen molar-refractivity contribution in [1.29, 1.82) is 0 Å². The molecule has 0 aliphatic heterocycles. The van der Waals surface area contributed by atoms with Crippen molar-refractivity contribution in [2.24, 2.45) is 0 Å². The van der Waals surface area contributed by atoms with Gasteiger partial charge in [-0.25, -0.2) is 0 Å². The summed E-state index contributed by atoms with van der Waals surface area (Å²) >= 11 is 0. The molecule has 0 saturated heterocycles. The Morgan fingerprint density at radius 1 is 0.333 bits per heavy atom. The molecule has 0 radical (unpaired) electrons. The maximum atomic E-state index is 12.7. The van der Waals surface area contributed by atoms with Crippen LogP contribution in [0, 0.1) is 0 Å². The zero-order valence-electron chi connectivity index (χ0n) is 37.9. The lowest BCUT2D eigenvalue weighted by Crippen LogP contribution is -2.30. The number of rotatable bonds is 44. The predicted octanol–water partition coefficient (Wildman–Crippen LogP) is 15.8. The van der Waals surface area contributed by atoms with E-state index < -0.39 is 6.10 Å². The number of ether oxygens (including phenoxy) is 3. The summed E-state index contributed by atoms with van der Waals surface area (Å²) < 4.78 is 16.7. The smallest absolute Gasteiger partial charge is 0.306 e. The molecule has 57 heavy (non-hydrogen) atoms. The van der Waals surface area contributed by atoms with Gasteiger partial charge in [-0.05, 0) is 89.9 Å². The van der Waals surface area contributed by atoms with Crippen molar-refractivity contribution in [2.45, 2.75) is 258 Å². The zero-order chi connectivity index (χ0) is 41.5. The van der Waals surface area contributed by atoms with Gasteiger partial charge in [0.25, 0.3) is 0 Å². The van der Waals surface area contributed by atoms with Gasteiger partial charge in [-0.2, -0.15) is 0 Å². The summed E-state index contributed by atoms with van der Waals surface area (Å²) in [5.74, 6) is -0.905. The monoisotopic (exact) mass is 801 g/mol. The average Bonchev–Trinajstić information content (AvgIpc) is 3.21. The first-order valence-electron chi connectivity index (χ1n) is 24.5. The van der Waals surface area contributed by atoms with Gasteiger partial charge in [0.2, 0.25) is 0 Å². The number of esters is 3. The molecule has 0 N–H and O–H groups in total. The molecule has 0 fully saturated rings. The Hall–Kier alpha value is -2.37. The molecule has 0 aliphatic rings. The molecule has 0 aromatic heterocycles. The fourth-order valence-electron chi connectivity index (χ4n) is 6.84. The van der Waals surface area contributed by atoms with Gasteiger partial charge >= 0.3 is 17.9 Å². The van der Waals surface area contributed by atoms with E-state index in [9.17, 15) is 14.4 Å². The van der Waals surface area contributed by atoms with Crippen LogP contribution in [0.15, 0.2) is 36.5 Å². The van der Waals surface area contributed by atoms with Gasteiger partial charge in [0.1, 0.15) is 13.2 Å². The topological polar surface area (TPSA) is 78.9 Å². The number of hydrogen-bond acceptors (Lipinski definition) is 6. The zero-order valence-corrected chi connectivity index (χ0v) is 37.9. The van der Waals surface area contributed by atoms with Crippen molar-refractivity contribution in [3.8, 4) is 0 Å². The van der Waals surface area contributed by atoms with Gasteiger partial charge in [-0.15, -0.1) is 0 Å². The molecule has 0 aromatic carbocycles. The second-order valence-corrected chi connectivity index (χ2v) is 16.4. The van der Waals surface area contributed by atoms with Gasteiger partial charge < -0.3 is 14.2 Å². The van der Waals surface area contributed by atoms with E-state index in [2.05, 4.69) is 57.2 Å². The number of carbonyl (C=O) groups excluding carboxylic acids is 3. The lowest BCUT2D eigenvalue weighted by molar-refractivity contribution is -0.167. The third kappa shape index (κ3) is 44.6. The third-order valence-corrected chi connectivity index (χ3v) is 10.6. The summed E-state index contributed by atoms with van der Waals surface area (Å²) in [6, 6.07) is 0. The molecule has 1 unspecified atom stereocenters. The van der Waals surface area contributed by atoms with E-state index in [0.29, 0.717) is 19.3 Å². The Bertz CT molecular complexity index is 969. The van der Waals surface area contributed by atoms with E-state index in [0.717, 1.165) is 89.9 Å². The number of hydrogen-bond donors (Lipinski definition) is 0. The first-order chi connectivity index (χ1) is 28.0. The van der Waals surface area contributed by atoms with Gasteiger partial charge in [-0.3, -0.25) is 14.4 Å². The predicted molar refractivity (Wildman–Crippen MR) is 242 cm³/mol. The molecule has 6 nitrogen and oxygen atoms in total. The van der Waals surface area contributed by atoms with E-state index in [-0.39, 0.29) is 31.1 Å². The number of allylic oxidation sites excluding steroid dienone is 6. The minimum Gasteiger partial charge on any atom is -0.462 e. The van der Waals surface area contributed by atoms with E-state index in [4.69, 9.17) is 14.2 Å². The lowest BCUT2D eigenvalue weighted by atomic mass is 10.1. The highest BCUT2D eigenvalue weighted by Gasteiger charge is 2.19. The summed E-state index contributed by atoms with van der Waals surface area (Å²) in [4.78, 5) is 37.8. The Kier molecular flexibility index (Phi) is 44.4. The SMILES string of the molecule is CCC/C=C\CCCCCCCC(=O)OCC(COC(=O)CCCCCCC/C=C\CCCCCCCCC)OC(=O)CCCCCCC/C=C\CCCCCC. The summed E-state index contributed by atoms with van der Waals surface area (Å²) in [6.45, 7) is 6.54. The minimum atomic E-state index is -0.779. The first-order valence-corrected chi connectivity index (χ1v) is 24.5. The highest BCUT2D eigenvalue weighted by molar-refractivity contribution is 5.71. The van der Waals surface area contributed by atoms with Crippen molar-refractivity contribution < 1.29 is 28.6 Å². The van der Waals surface area contributed by atoms with Crippen molar-refractivity contribution in [3.05, 3.63) is 36.5 Å². The van der Waals surface area contributed by atoms with Crippen LogP contribution < -0.4 is 0 Å². The van der Waals surface area contributed by atoms with Crippen LogP contribution in [0.1, 0.15) is 252 Å². The second kappa shape index (κ2) is 46.3. The van der Waals surface area contributed by atoms with Crippen molar-refractivity contribution in [2.75, 3.05) is 13.2 Å². The van der Waals surface area contributed by atoms with Gasteiger partial charge in [-0.1, -0.05) is 179 Å². The summed E-state index contributed by atoms with van der Waals surface area (Å²) in [5, 5.41) is 0. The standard InChI is InChI=1S/C51H92O6/c1-4-7-10-13-16-19-22-24-25-26-28-29-32-35-38-41-44-50(53)56-47-48(46-55-49(52)43-40-37-34-31-21-18-15-12-9-6-3)57-51(54)45-42-39-36-33-30-27-23-20-17-14-11-8-5-2/h12,15,20,23,25-26,48H,4-11,13-14,16-19,21-22,24,27-47H2,1-3H3/b15-12-,23-20-,26-25-. The van der Waals surface area contributed by atoms with E-state index in [1.54, 1.807) is 0 Å². The first kappa shape index (κ1) is 54.6. The van der Waals surface area contributed by atoms with Crippen LogP contribution in [0.4, 0.5) is 0 Å². The van der Waals surface area contributed by atoms with Crippen LogP contribution in [-0.2, 0) is 28.6 Å². The van der Waals surface area contributed by atoms with E-state index in [1.165, 1.54) is 122 Å². The molecule has 6 heteroatoms. The van der Waals surface area contributed by atoms with Crippen LogP contribution in [0.2, 0.25) is 0 Å². The Morgan fingerprint density at radius 2 is 0.614 bits per heavy atom. The summed E-state index contributed by atoms with van der Waals surface area (Å²) in [5.41, 5.74) is 0.